The molecule has 1 atom stereocenters. The number of piperazine rings is 1. The minimum Gasteiger partial charge on any atom is -0.396 e. The zero-order valence-electron chi connectivity index (χ0n) is 15.1. The molecule has 1 aromatic heterocycles. The van der Waals surface area contributed by atoms with E-state index in [-0.39, 0.29) is 18.5 Å². The van der Waals surface area contributed by atoms with Crippen molar-refractivity contribution in [2.24, 2.45) is 0 Å². The number of likely N-dealkylation sites (tertiary alicyclic amines) is 1. The fourth-order valence-electron chi connectivity index (χ4n) is 4.15. The second kappa shape index (κ2) is 8.10. The van der Waals surface area contributed by atoms with Gasteiger partial charge in [0.25, 0.3) is 0 Å². The van der Waals surface area contributed by atoms with Crippen LogP contribution in [0.2, 0.25) is 0 Å². The van der Waals surface area contributed by atoms with Crippen molar-refractivity contribution in [2.45, 2.75) is 37.5 Å². The molecule has 0 spiro atoms. The highest BCUT2D eigenvalue weighted by Crippen LogP contribution is 2.36. The van der Waals surface area contributed by atoms with Crippen LogP contribution in [0.1, 0.15) is 24.8 Å². The van der Waals surface area contributed by atoms with Gasteiger partial charge in [0, 0.05) is 44.5 Å². The molecule has 0 saturated carbocycles. The Labute approximate surface area is 152 Å². The van der Waals surface area contributed by atoms with E-state index in [0.717, 1.165) is 32.0 Å². The monoisotopic (exact) mass is 372 g/mol. The summed E-state index contributed by atoms with van der Waals surface area (Å²) in [5.41, 5.74) is -0.685. The first kappa shape index (κ1) is 19.4. The molecule has 2 fully saturated rings. The molecule has 0 radical (unpaired) electrons. The molecule has 2 aliphatic rings. The number of aliphatic hydroxyl groups is 1. The van der Waals surface area contributed by atoms with E-state index in [9.17, 15) is 18.3 Å². The lowest BCUT2D eigenvalue weighted by molar-refractivity contribution is -0.137. The third-order valence-corrected chi connectivity index (χ3v) is 5.54. The molecule has 3 heterocycles. The summed E-state index contributed by atoms with van der Waals surface area (Å²) in [5.74, 6) is 0.00553. The molecular weight excluding hydrogens is 345 g/mol. The maximum absolute atomic E-state index is 13.3. The number of piperidine rings is 1. The van der Waals surface area contributed by atoms with E-state index in [1.54, 1.807) is 4.90 Å². The number of hydrogen-bond donors (Lipinski definition) is 1. The zero-order valence-corrected chi connectivity index (χ0v) is 15.1. The first-order valence-electron chi connectivity index (χ1n) is 9.22. The summed E-state index contributed by atoms with van der Waals surface area (Å²) in [6.45, 7) is 3.80. The van der Waals surface area contributed by atoms with Gasteiger partial charge in [-0.1, -0.05) is 0 Å². The smallest absolute Gasteiger partial charge is 0.396 e. The predicted molar refractivity (Wildman–Crippen MR) is 94.2 cm³/mol. The summed E-state index contributed by atoms with van der Waals surface area (Å²) in [5, 5.41) is 9.47. The van der Waals surface area contributed by atoms with Gasteiger partial charge in [0.1, 0.15) is 5.82 Å². The maximum atomic E-state index is 13.3. The minimum atomic E-state index is -4.42. The van der Waals surface area contributed by atoms with Crippen LogP contribution in [-0.2, 0) is 6.18 Å². The lowest BCUT2D eigenvalue weighted by Crippen LogP contribution is -2.59. The number of pyridine rings is 1. The first-order valence-corrected chi connectivity index (χ1v) is 9.22. The van der Waals surface area contributed by atoms with Crippen molar-refractivity contribution in [2.75, 3.05) is 51.3 Å². The Morgan fingerprint density at radius 1 is 1.19 bits per heavy atom. The molecule has 1 N–H and O–H groups in total. The Kier molecular flexibility index (Phi) is 6.04. The van der Waals surface area contributed by atoms with E-state index >= 15 is 0 Å². The van der Waals surface area contributed by atoms with Crippen molar-refractivity contribution in [3.8, 4) is 0 Å². The predicted octanol–water partition coefficient (Wildman–Crippen LogP) is 2.07. The normalized spacial score (nSPS) is 24.2. The molecule has 0 amide bonds. The summed E-state index contributed by atoms with van der Waals surface area (Å²) in [6.07, 6.45) is -0.307. The first-order chi connectivity index (χ1) is 12.4. The van der Waals surface area contributed by atoms with Crippen molar-refractivity contribution >= 4 is 5.82 Å². The van der Waals surface area contributed by atoms with Gasteiger partial charge in [-0.15, -0.1) is 0 Å². The van der Waals surface area contributed by atoms with Crippen LogP contribution >= 0.6 is 0 Å². The highest BCUT2D eigenvalue weighted by Gasteiger charge is 2.39. The Bertz CT molecular complexity index is 590. The average molecular weight is 372 g/mol. The molecule has 5 nitrogen and oxygen atoms in total. The SMILES string of the molecule is CN1CCC(N2CCN(c3ncccc3C(F)(F)F)C[C@H]2CCO)CC1. The molecule has 8 heteroatoms. The van der Waals surface area contributed by atoms with E-state index in [1.165, 1.54) is 12.3 Å². The number of nitrogens with zero attached hydrogens (tertiary/aromatic N) is 4. The molecule has 2 saturated heterocycles. The van der Waals surface area contributed by atoms with Crippen LogP contribution in [0, 0.1) is 0 Å². The second-order valence-electron chi connectivity index (χ2n) is 7.26. The van der Waals surface area contributed by atoms with E-state index < -0.39 is 11.7 Å². The van der Waals surface area contributed by atoms with E-state index in [0.29, 0.717) is 32.1 Å². The van der Waals surface area contributed by atoms with E-state index in [1.807, 2.05) is 0 Å². The molecule has 0 bridgehead atoms. The van der Waals surface area contributed by atoms with Gasteiger partial charge in [-0.25, -0.2) is 4.98 Å². The summed E-state index contributed by atoms with van der Waals surface area (Å²) in [4.78, 5) is 10.5. The number of anilines is 1. The Morgan fingerprint density at radius 3 is 2.58 bits per heavy atom. The van der Waals surface area contributed by atoms with Gasteiger partial charge in [0.2, 0.25) is 0 Å². The van der Waals surface area contributed by atoms with Gasteiger partial charge >= 0.3 is 6.18 Å². The summed E-state index contributed by atoms with van der Waals surface area (Å²) in [7, 11) is 2.11. The molecule has 3 rings (SSSR count). The van der Waals surface area contributed by atoms with Crippen molar-refractivity contribution < 1.29 is 18.3 Å². The quantitative estimate of drug-likeness (QED) is 0.877. The molecule has 0 unspecified atom stereocenters. The van der Waals surface area contributed by atoms with Gasteiger partial charge in [-0.3, -0.25) is 4.90 Å². The van der Waals surface area contributed by atoms with Gasteiger partial charge in [0.15, 0.2) is 0 Å². The van der Waals surface area contributed by atoms with Crippen molar-refractivity contribution in [1.82, 2.24) is 14.8 Å². The fourth-order valence-corrected chi connectivity index (χ4v) is 4.15. The van der Waals surface area contributed by atoms with Crippen LogP contribution in [0.15, 0.2) is 18.3 Å². The van der Waals surface area contributed by atoms with Crippen LogP contribution in [0.25, 0.3) is 0 Å². The summed E-state index contributed by atoms with van der Waals surface area (Å²) < 4.78 is 40.0. The second-order valence-corrected chi connectivity index (χ2v) is 7.26. The van der Waals surface area contributed by atoms with Crippen LogP contribution < -0.4 is 4.90 Å². The van der Waals surface area contributed by atoms with Crippen molar-refractivity contribution in [3.05, 3.63) is 23.9 Å². The van der Waals surface area contributed by atoms with Gasteiger partial charge in [-0.2, -0.15) is 13.2 Å². The lowest BCUT2D eigenvalue weighted by atomic mass is 9.98. The highest BCUT2D eigenvalue weighted by molar-refractivity contribution is 5.49. The summed E-state index contributed by atoms with van der Waals surface area (Å²) >= 11 is 0. The number of aromatic nitrogens is 1. The molecule has 26 heavy (non-hydrogen) atoms. The fraction of sp³-hybridized carbons (Fsp3) is 0.722. The molecule has 1 aromatic rings. The lowest BCUT2D eigenvalue weighted by Gasteiger charge is -2.47. The maximum Gasteiger partial charge on any atom is 0.419 e. The van der Waals surface area contributed by atoms with Crippen LogP contribution in [-0.4, -0.2) is 78.4 Å². The third kappa shape index (κ3) is 4.29. The van der Waals surface area contributed by atoms with Crippen molar-refractivity contribution in [3.63, 3.8) is 0 Å². The molecule has 0 aliphatic carbocycles. The van der Waals surface area contributed by atoms with E-state index in [2.05, 4.69) is 21.8 Å². The van der Waals surface area contributed by atoms with Gasteiger partial charge in [-0.05, 0) is 51.5 Å². The van der Waals surface area contributed by atoms with Crippen LogP contribution in [0.4, 0.5) is 19.0 Å². The largest absolute Gasteiger partial charge is 0.419 e. The molecule has 2 aliphatic heterocycles. The number of halogens is 3. The molecular formula is C18H27F3N4O. The van der Waals surface area contributed by atoms with Crippen molar-refractivity contribution in [1.29, 1.82) is 0 Å². The number of hydrogen-bond acceptors (Lipinski definition) is 5. The van der Waals surface area contributed by atoms with Crippen LogP contribution in [0.5, 0.6) is 0 Å². The minimum absolute atomic E-state index is 0.00553. The van der Waals surface area contributed by atoms with Gasteiger partial charge in [0.05, 0.1) is 5.56 Å². The summed E-state index contributed by atoms with van der Waals surface area (Å²) in [6, 6.07) is 2.90. The standard InChI is InChI=1S/C18H27F3N4O/c1-23-8-4-14(5-9-23)25-11-10-24(13-15(25)6-12-26)17-16(18(19,20)21)3-2-7-22-17/h2-3,7,14-15,26H,4-6,8-13H2,1H3/t15-/m1/s1. The average Bonchev–Trinajstić information content (AvgIpc) is 2.62. The molecule has 146 valence electrons. The number of aliphatic hydroxyl groups excluding tert-OH is 1. The third-order valence-electron chi connectivity index (χ3n) is 5.54. The zero-order chi connectivity index (χ0) is 18.7. The Balaban J connectivity index is 1.76. The highest BCUT2D eigenvalue weighted by atomic mass is 19.4. The Morgan fingerprint density at radius 2 is 1.92 bits per heavy atom. The topological polar surface area (TPSA) is 42.8 Å². The van der Waals surface area contributed by atoms with E-state index in [4.69, 9.17) is 0 Å². The number of rotatable bonds is 4. The van der Waals surface area contributed by atoms with Crippen LogP contribution in [0.3, 0.4) is 0 Å². The Hall–Kier alpha value is -1.38. The number of alkyl halides is 3. The van der Waals surface area contributed by atoms with Gasteiger partial charge < -0.3 is 14.9 Å². The molecule has 0 aromatic carbocycles.